The van der Waals surface area contributed by atoms with Crippen molar-refractivity contribution in [2.45, 2.75) is 19.8 Å². The lowest BCUT2D eigenvalue weighted by Crippen LogP contribution is -2.06. The summed E-state index contributed by atoms with van der Waals surface area (Å²) < 4.78 is 5.06. The maximum absolute atomic E-state index is 11.4. The Kier molecular flexibility index (Phi) is 4.17. The maximum atomic E-state index is 11.4. The smallest absolute Gasteiger partial charge is 0.338 e. The largest absolute Gasteiger partial charge is 0.462 e. The van der Waals surface area contributed by atoms with Crippen LogP contribution < -0.4 is 0 Å². The number of unbranched alkanes of at least 4 members (excludes halogenated alkanes) is 1. The van der Waals surface area contributed by atoms with E-state index in [1.165, 1.54) is 0 Å². The lowest BCUT2D eigenvalue weighted by atomic mass is 10.1. The van der Waals surface area contributed by atoms with E-state index in [9.17, 15) is 4.79 Å². The van der Waals surface area contributed by atoms with Crippen LogP contribution >= 0.6 is 0 Å². The van der Waals surface area contributed by atoms with Crippen LogP contribution in [0.3, 0.4) is 0 Å². The first-order valence-corrected chi connectivity index (χ1v) is 4.83. The number of ether oxygens (including phenoxy) is 1. The standard InChI is InChI=1S/C12H15O2/c1-3-4-8-14-12(13)11-7-5-6-10(2)9-11/h5-7,9H,2-4,8H2,1H3. The van der Waals surface area contributed by atoms with E-state index in [1.54, 1.807) is 18.2 Å². The summed E-state index contributed by atoms with van der Waals surface area (Å²) in [6.07, 6.45) is 1.94. The number of hydrogen-bond acceptors (Lipinski definition) is 2. The molecule has 0 bridgehead atoms. The van der Waals surface area contributed by atoms with Crippen molar-refractivity contribution in [3.05, 3.63) is 42.3 Å². The third-order valence-electron chi connectivity index (χ3n) is 1.89. The van der Waals surface area contributed by atoms with Crippen molar-refractivity contribution in [2.24, 2.45) is 0 Å². The Bertz CT molecular complexity index is 305. The fourth-order valence-corrected chi connectivity index (χ4v) is 1.09. The Morgan fingerprint density at radius 1 is 1.50 bits per heavy atom. The lowest BCUT2D eigenvalue weighted by Gasteiger charge is -2.03. The van der Waals surface area contributed by atoms with Gasteiger partial charge in [-0.2, -0.15) is 0 Å². The molecule has 2 nitrogen and oxygen atoms in total. The monoisotopic (exact) mass is 191 g/mol. The molecule has 1 radical (unpaired) electrons. The average Bonchev–Trinajstić information content (AvgIpc) is 2.18. The number of esters is 1. The summed E-state index contributed by atoms with van der Waals surface area (Å²) in [5.41, 5.74) is 1.41. The quantitative estimate of drug-likeness (QED) is 0.540. The van der Waals surface area contributed by atoms with E-state index in [2.05, 4.69) is 13.8 Å². The normalized spacial score (nSPS) is 9.86. The molecular formula is C12H15O2. The van der Waals surface area contributed by atoms with E-state index in [1.807, 2.05) is 6.07 Å². The van der Waals surface area contributed by atoms with Crippen molar-refractivity contribution in [1.29, 1.82) is 0 Å². The Hall–Kier alpha value is -1.31. The second-order valence-corrected chi connectivity index (χ2v) is 3.19. The predicted molar refractivity (Wildman–Crippen MR) is 56.1 cm³/mol. The van der Waals surface area contributed by atoms with E-state index < -0.39 is 0 Å². The highest BCUT2D eigenvalue weighted by Crippen LogP contribution is 2.05. The molecular weight excluding hydrogens is 176 g/mol. The Labute approximate surface area is 84.9 Å². The minimum Gasteiger partial charge on any atom is -0.462 e. The van der Waals surface area contributed by atoms with E-state index in [-0.39, 0.29) is 5.97 Å². The molecule has 0 aromatic heterocycles. The van der Waals surface area contributed by atoms with Crippen molar-refractivity contribution < 1.29 is 9.53 Å². The molecule has 0 saturated heterocycles. The molecule has 75 valence electrons. The highest BCUT2D eigenvalue weighted by atomic mass is 16.5. The molecule has 0 fully saturated rings. The van der Waals surface area contributed by atoms with Gasteiger partial charge in [-0.1, -0.05) is 25.5 Å². The topological polar surface area (TPSA) is 26.3 Å². The molecule has 1 rings (SSSR count). The minimum atomic E-state index is -0.260. The fourth-order valence-electron chi connectivity index (χ4n) is 1.09. The zero-order valence-electron chi connectivity index (χ0n) is 8.45. The SMILES string of the molecule is [CH2]c1cccc(C(=O)OCCCC)c1. The fraction of sp³-hybridized carbons (Fsp3) is 0.333. The van der Waals surface area contributed by atoms with Gasteiger partial charge in [-0.15, -0.1) is 0 Å². The third-order valence-corrected chi connectivity index (χ3v) is 1.89. The van der Waals surface area contributed by atoms with Crippen molar-refractivity contribution in [3.63, 3.8) is 0 Å². The van der Waals surface area contributed by atoms with Crippen molar-refractivity contribution in [1.82, 2.24) is 0 Å². The van der Waals surface area contributed by atoms with Gasteiger partial charge in [-0.3, -0.25) is 0 Å². The summed E-state index contributed by atoms with van der Waals surface area (Å²) in [5, 5.41) is 0. The number of hydrogen-bond donors (Lipinski definition) is 0. The van der Waals surface area contributed by atoms with E-state index in [0.29, 0.717) is 12.2 Å². The van der Waals surface area contributed by atoms with E-state index in [0.717, 1.165) is 18.4 Å². The van der Waals surface area contributed by atoms with Crippen molar-refractivity contribution >= 4 is 5.97 Å². The first kappa shape index (κ1) is 10.8. The molecule has 0 heterocycles. The molecule has 1 aromatic rings. The van der Waals surface area contributed by atoms with Crippen LogP contribution in [0, 0.1) is 6.92 Å². The second kappa shape index (κ2) is 5.43. The molecule has 14 heavy (non-hydrogen) atoms. The summed E-state index contributed by atoms with van der Waals surface area (Å²) in [6.45, 7) is 6.31. The Balaban J connectivity index is 2.52. The molecule has 0 aliphatic heterocycles. The summed E-state index contributed by atoms with van der Waals surface area (Å²) in [7, 11) is 0. The van der Waals surface area contributed by atoms with Gasteiger partial charge < -0.3 is 4.74 Å². The zero-order valence-corrected chi connectivity index (χ0v) is 8.45. The molecule has 0 unspecified atom stereocenters. The van der Waals surface area contributed by atoms with Crippen LogP contribution in [-0.2, 0) is 4.74 Å². The first-order chi connectivity index (χ1) is 6.74. The van der Waals surface area contributed by atoms with Crippen LogP contribution in [0.2, 0.25) is 0 Å². The molecule has 0 saturated carbocycles. The van der Waals surface area contributed by atoms with Crippen LogP contribution in [0.4, 0.5) is 0 Å². The Morgan fingerprint density at radius 3 is 2.93 bits per heavy atom. The molecule has 1 aromatic carbocycles. The van der Waals surface area contributed by atoms with Crippen LogP contribution in [0.15, 0.2) is 24.3 Å². The molecule has 0 N–H and O–H groups in total. The van der Waals surface area contributed by atoms with Gasteiger partial charge in [0, 0.05) is 0 Å². The number of benzene rings is 1. The van der Waals surface area contributed by atoms with Gasteiger partial charge in [0.2, 0.25) is 0 Å². The van der Waals surface area contributed by atoms with Gasteiger partial charge in [0.15, 0.2) is 0 Å². The van der Waals surface area contributed by atoms with Crippen LogP contribution in [0.5, 0.6) is 0 Å². The van der Waals surface area contributed by atoms with E-state index >= 15 is 0 Å². The maximum Gasteiger partial charge on any atom is 0.338 e. The zero-order chi connectivity index (χ0) is 10.4. The van der Waals surface area contributed by atoms with Gasteiger partial charge in [0.05, 0.1) is 12.2 Å². The van der Waals surface area contributed by atoms with Crippen molar-refractivity contribution in [2.75, 3.05) is 6.61 Å². The highest BCUT2D eigenvalue weighted by Gasteiger charge is 2.05. The number of carbonyl (C=O) groups excluding carboxylic acids is 1. The lowest BCUT2D eigenvalue weighted by molar-refractivity contribution is 0.0499. The van der Waals surface area contributed by atoms with Crippen LogP contribution in [0.1, 0.15) is 35.7 Å². The number of carbonyl (C=O) groups is 1. The molecule has 0 amide bonds. The van der Waals surface area contributed by atoms with Gasteiger partial charge >= 0.3 is 5.97 Å². The molecule has 0 atom stereocenters. The molecule has 2 heteroatoms. The first-order valence-electron chi connectivity index (χ1n) is 4.83. The van der Waals surface area contributed by atoms with Gasteiger partial charge in [0.1, 0.15) is 0 Å². The second-order valence-electron chi connectivity index (χ2n) is 3.19. The predicted octanol–water partition coefficient (Wildman–Crippen LogP) is 2.83. The summed E-state index contributed by atoms with van der Waals surface area (Å²) in [4.78, 5) is 11.4. The minimum absolute atomic E-state index is 0.260. The summed E-state index contributed by atoms with van der Waals surface area (Å²) in [5.74, 6) is -0.260. The summed E-state index contributed by atoms with van der Waals surface area (Å²) >= 11 is 0. The molecule has 0 aliphatic carbocycles. The third kappa shape index (κ3) is 3.21. The van der Waals surface area contributed by atoms with Gasteiger partial charge in [-0.25, -0.2) is 4.79 Å². The summed E-state index contributed by atoms with van der Waals surface area (Å²) in [6, 6.07) is 7.12. The van der Waals surface area contributed by atoms with Gasteiger partial charge in [-0.05, 0) is 31.0 Å². The highest BCUT2D eigenvalue weighted by molar-refractivity contribution is 5.89. The van der Waals surface area contributed by atoms with Crippen LogP contribution in [0.25, 0.3) is 0 Å². The number of rotatable bonds is 4. The van der Waals surface area contributed by atoms with Gasteiger partial charge in [0.25, 0.3) is 0 Å². The van der Waals surface area contributed by atoms with E-state index in [4.69, 9.17) is 4.74 Å². The average molecular weight is 191 g/mol. The molecule has 0 spiro atoms. The molecule has 0 aliphatic rings. The van der Waals surface area contributed by atoms with Crippen molar-refractivity contribution in [3.8, 4) is 0 Å². The Morgan fingerprint density at radius 2 is 2.29 bits per heavy atom. The van der Waals surface area contributed by atoms with Crippen LogP contribution in [-0.4, -0.2) is 12.6 Å².